The molecule has 3 nitrogen and oxygen atoms in total. The molecule has 4 heteroatoms. The average Bonchev–Trinajstić information content (AvgIpc) is 2.65. The third-order valence-corrected chi connectivity index (χ3v) is 5.20. The highest BCUT2D eigenvalue weighted by molar-refractivity contribution is 9.10. The lowest BCUT2D eigenvalue weighted by atomic mass is 9.79. The highest BCUT2D eigenvalue weighted by atomic mass is 79.9. The Balaban J connectivity index is 2.16. The van der Waals surface area contributed by atoms with E-state index in [4.69, 9.17) is 5.73 Å². The van der Waals surface area contributed by atoms with Crippen LogP contribution >= 0.6 is 15.9 Å². The highest BCUT2D eigenvalue weighted by Gasteiger charge is 2.38. The van der Waals surface area contributed by atoms with Crippen molar-refractivity contribution in [3.05, 3.63) is 28.5 Å². The van der Waals surface area contributed by atoms with Crippen LogP contribution in [0.15, 0.2) is 22.9 Å². The quantitative estimate of drug-likeness (QED) is 0.855. The van der Waals surface area contributed by atoms with Crippen LogP contribution in [0.25, 0.3) is 0 Å². The third-order valence-electron chi connectivity index (χ3n) is 4.77. The van der Waals surface area contributed by atoms with E-state index in [-0.39, 0.29) is 11.6 Å². The molecule has 1 fully saturated rings. The van der Waals surface area contributed by atoms with Gasteiger partial charge in [-0.1, -0.05) is 25.7 Å². The second-order valence-electron chi connectivity index (χ2n) is 6.23. The van der Waals surface area contributed by atoms with Crippen LogP contribution in [-0.4, -0.2) is 35.6 Å². The van der Waals surface area contributed by atoms with Gasteiger partial charge in [-0.15, -0.1) is 0 Å². The summed E-state index contributed by atoms with van der Waals surface area (Å²) in [6.07, 6.45) is 12.4. The maximum absolute atomic E-state index is 6.65. The number of hydrogen-bond donors (Lipinski definition) is 1. The van der Waals surface area contributed by atoms with E-state index in [1.165, 1.54) is 44.1 Å². The average molecular weight is 340 g/mol. The molecule has 1 aromatic rings. The normalized spacial score (nSPS) is 20.6. The Morgan fingerprint density at radius 2 is 1.90 bits per heavy atom. The molecule has 2 N–H and O–H groups in total. The molecule has 112 valence electrons. The fourth-order valence-corrected chi connectivity index (χ4v) is 3.91. The number of rotatable bonds is 4. The van der Waals surface area contributed by atoms with Crippen LogP contribution in [0.5, 0.6) is 0 Å². The Bertz CT molecular complexity index is 425. The van der Waals surface area contributed by atoms with Crippen molar-refractivity contribution in [3.63, 3.8) is 0 Å². The largest absolute Gasteiger partial charge is 0.326 e. The van der Waals surface area contributed by atoms with E-state index in [1.54, 1.807) is 0 Å². The SMILES string of the molecule is CN(C)C1(C(N)Cc2cncc(Br)c2)CCCCCC1. The van der Waals surface area contributed by atoms with Crippen molar-refractivity contribution in [1.29, 1.82) is 0 Å². The molecule has 2 rings (SSSR count). The first kappa shape index (κ1) is 15.9. The third kappa shape index (κ3) is 3.60. The molecule has 1 unspecified atom stereocenters. The molecule has 1 saturated carbocycles. The van der Waals surface area contributed by atoms with Crippen molar-refractivity contribution >= 4 is 15.9 Å². The summed E-state index contributed by atoms with van der Waals surface area (Å²) in [6, 6.07) is 2.29. The second kappa shape index (κ2) is 7.01. The summed E-state index contributed by atoms with van der Waals surface area (Å²) >= 11 is 3.49. The summed E-state index contributed by atoms with van der Waals surface area (Å²) in [4.78, 5) is 6.62. The van der Waals surface area contributed by atoms with Gasteiger partial charge >= 0.3 is 0 Å². The Hall–Kier alpha value is -0.450. The number of nitrogens with zero attached hydrogens (tertiary/aromatic N) is 2. The van der Waals surface area contributed by atoms with Crippen molar-refractivity contribution in [2.75, 3.05) is 14.1 Å². The van der Waals surface area contributed by atoms with E-state index >= 15 is 0 Å². The molecule has 1 aliphatic carbocycles. The van der Waals surface area contributed by atoms with E-state index in [0.29, 0.717) is 0 Å². The van der Waals surface area contributed by atoms with Gasteiger partial charge in [-0.3, -0.25) is 4.98 Å². The maximum Gasteiger partial charge on any atom is 0.0410 e. The zero-order valence-electron chi connectivity index (χ0n) is 12.6. The van der Waals surface area contributed by atoms with Gasteiger partial charge in [0.2, 0.25) is 0 Å². The molecule has 0 spiro atoms. The molecule has 0 aliphatic heterocycles. The van der Waals surface area contributed by atoms with Gasteiger partial charge in [0.25, 0.3) is 0 Å². The summed E-state index contributed by atoms with van der Waals surface area (Å²) < 4.78 is 1.03. The molecule has 0 radical (unpaired) electrons. The fraction of sp³-hybridized carbons (Fsp3) is 0.688. The van der Waals surface area contributed by atoms with E-state index in [1.807, 2.05) is 12.4 Å². The van der Waals surface area contributed by atoms with Gasteiger partial charge in [0.15, 0.2) is 0 Å². The van der Waals surface area contributed by atoms with E-state index in [0.717, 1.165) is 10.9 Å². The monoisotopic (exact) mass is 339 g/mol. The second-order valence-corrected chi connectivity index (χ2v) is 7.15. The number of pyridine rings is 1. The zero-order chi connectivity index (χ0) is 14.6. The first-order valence-corrected chi connectivity index (χ1v) is 8.36. The van der Waals surface area contributed by atoms with Crippen molar-refractivity contribution in [2.45, 2.75) is 56.5 Å². The predicted molar refractivity (Wildman–Crippen MR) is 87.7 cm³/mol. The fourth-order valence-electron chi connectivity index (χ4n) is 3.50. The molecule has 1 aliphatic rings. The van der Waals surface area contributed by atoms with Crippen molar-refractivity contribution < 1.29 is 0 Å². The number of hydrogen-bond acceptors (Lipinski definition) is 3. The molecule has 1 atom stereocenters. The zero-order valence-corrected chi connectivity index (χ0v) is 14.2. The summed E-state index contributed by atoms with van der Waals surface area (Å²) in [5.41, 5.74) is 8.01. The topological polar surface area (TPSA) is 42.1 Å². The summed E-state index contributed by atoms with van der Waals surface area (Å²) in [7, 11) is 4.37. The minimum Gasteiger partial charge on any atom is -0.326 e. The summed E-state index contributed by atoms with van der Waals surface area (Å²) in [5.74, 6) is 0. The summed E-state index contributed by atoms with van der Waals surface area (Å²) in [5, 5.41) is 0. The highest BCUT2D eigenvalue weighted by Crippen LogP contribution is 2.34. The molecular weight excluding hydrogens is 314 g/mol. The predicted octanol–water partition coefficient (Wildman–Crippen LogP) is 3.37. The van der Waals surface area contributed by atoms with Gasteiger partial charge < -0.3 is 10.6 Å². The van der Waals surface area contributed by atoms with Crippen LogP contribution in [-0.2, 0) is 6.42 Å². The lowest BCUT2D eigenvalue weighted by molar-refractivity contribution is 0.0967. The van der Waals surface area contributed by atoms with Gasteiger partial charge in [0.05, 0.1) is 0 Å². The van der Waals surface area contributed by atoms with Crippen LogP contribution in [0.3, 0.4) is 0 Å². The van der Waals surface area contributed by atoms with Crippen LogP contribution in [0.2, 0.25) is 0 Å². The summed E-state index contributed by atoms with van der Waals surface area (Å²) in [6.45, 7) is 0. The van der Waals surface area contributed by atoms with Crippen LogP contribution in [0.4, 0.5) is 0 Å². The van der Waals surface area contributed by atoms with E-state index in [2.05, 4.69) is 46.0 Å². The first-order valence-electron chi connectivity index (χ1n) is 7.57. The van der Waals surface area contributed by atoms with Crippen molar-refractivity contribution in [3.8, 4) is 0 Å². The minimum absolute atomic E-state index is 0.138. The van der Waals surface area contributed by atoms with Gasteiger partial charge in [0, 0.05) is 28.4 Å². The molecule has 1 aromatic heterocycles. The smallest absolute Gasteiger partial charge is 0.0410 e. The minimum atomic E-state index is 0.138. The number of halogens is 1. The molecule has 0 amide bonds. The molecule has 0 bridgehead atoms. The van der Waals surface area contributed by atoms with E-state index in [9.17, 15) is 0 Å². The Labute approximate surface area is 131 Å². The Morgan fingerprint density at radius 3 is 2.45 bits per heavy atom. The van der Waals surface area contributed by atoms with Gasteiger partial charge in [-0.05, 0) is 60.9 Å². The lowest BCUT2D eigenvalue weighted by Crippen LogP contribution is -2.58. The molecule has 0 saturated heterocycles. The molecular formula is C16H26BrN3. The van der Waals surface area contributed by atoms with Gasteiger partial charge in [0.1, 0.15) is 0 Å². The lowest BCUT2D eigenvalue weighted by Gasteiger charge is -2.44. The Kier molecular flexibility index (Phi) is 5.58. The molecule has 20 heavy (non-hydrogen) atoms. The first-order chi connectivity index (χ1) is 9.54. The van der Waals surface area contributed by atoms with Gasteiger partial charge in [-0.2, -0.15) is 0 Å². The Morgan fingerprint density at radius 1 is 1.25 bits per heavy atom. The van der Waals surface area contributed by atoms with E-state index < -0.39 is 0 Å². The number of nitrogens with two attached hydrogens (primary N) is 1. The van der Waals surface area contributed by atoms with Crippen LogP contribution in [0, 0.1) is 0 Å². The van der Waals surface area contributed by atoms with Crippen LogP contribution < -0.4 is 5.73 Å². The van der Waals surface area contributed by atoms with Crippen molar-refractivity contribution in [2.24, 2.45) is 5.73 Å². The molecule has 0 aromatic carbocycles. The maximum atomic E-state index is 6.65. The molecule has 1 heterocycles. The number of likely N-dealkylation sites (N-methyl/N-ethyl adjacent to an activating group) is 1. The van der Waals surface area contributed by atoms with Crippen molar-refractivity contribution in [1.82, 2.24) is 9.88 Å². The standard InChI is InChI=1S/C16H26BrN3/c1-20(2)16(7-5-3-4-6-8-16)15(18)10-13-9-14(17)12-19-11-13/h9,11-12,15H,3-8,10,18H2,1-2H3. The number of aromatic nitrogens is 1. The van der Waals surface area contributed by atoms with Gasteiger partial charge in [-0.25, -0.2) is 0 Å². The van der Waals surface area contributed by atoms with Crippen LogP contribution in [0.1, 0.15) is 44.1 Å².